The molecule has 2 atom stereocenters. The number of rotatable bonds is 5. The minimum atomic E-state index is -3.65. The van der Waals surface area contributed by atoms with Gasteiger partial charge in [-0.05, 0) is 56.2 Å². The molecule has 2 aliphatic heterocycles. The van der Waals surface area contributed by atoms with Crippen LogP contribution in [0.4, 0.5) is 0 Å². The molecule has 34 heavy (non-hydrogen) atoms. The molecule has 0 saturated carbocycles. The third kappa shape index (κ3) is 5.26. The Morgan fingerprint density at radius 2 is 1.50 bits per heavy atom. The van der Waals surface area contributed by atoms with Gasteiger partial charge in [-0.15, -0.1) is 0 Å². The molecule has 2 aromatic rings. The number of nitrogens with zero attached hydrogens (tertiary/aromatic N) is 2. The van der Waals surface area contributed by atoms with Gasteiger partial charge in [-0.25, -0.2) is 8.42 Å². The summed E-state index contributed by atoms with van der Waals surface area (Å²) in [4.78, 5) is 27.9. The topological polar surface area (TPSA) is 74.8 Å². The fourth-order valence-electron chi connectivity index (χ4n) is 5.22. The second kappa shape index (κ2) is 10.0. The molecule has 2 fully saturated rings. The number of carbonyl (C=O) groups is 2. The first-order valence-corrected chi connectivity index (χ1v) is 13.6. The van der Waals surface area contributed by atoms with Crippen LogP contribution in [0.25, 0.3) is 0 Å². The highest BCUT2D eigenvalue weighted by Crippen LogP contribution is 2.28. The van der Waals surface area contributed by atoms with Crippen molar-refractivity contribution in [2.45, 2.75) is 44.9 Å². The molecule has 1 amide bonds. The second-order valence-corrected chi connectivity index (χ2v) is 12.0. The van der Waals surface area contributed by atoms with Gasteiger partial charge in [0.1, 0.15) is 0 Å². The molecular formula is C27H34N2O4S. The van der Waals surface area contributed by atoms with Crippen molar-refractivity contribution >= 4 is 21.7 Å². The van der Waals surface area contributed by atoms with E-state index in [4.69, 9.17) is 0 Å². The molecule has 2 saturated heterocycles. The van der Waals surface area contributed by atoms with Crippen LogP contribution in [0.2, 0.25) is 0 Å². The Morgan fingerprint density at radius 3 is 2.12 bits per heavy atom. The minimum Gasteiger partial charge on any atom is -0.339 e. The van der Waals surface area contributed by atoms with Crippen molar-refractivity contribution in [1.82, 2.24) is 9.21 Å². The fourth-order valence-corrected chi connectivity index (χ4v) is 6.95. The zero-order valence-electron chi connectivity index (χ0n) is 20.2. The number of aryl methyl sites for hydroxylation is 1. The number of sulfonamides is 1. The number of Topliss-reactive ketones (excluding diaryl/α,β-unsaturated/α-hetero) is 1. The normalized spacial score (nSPS) is 22.5. The molecule has 2 aromatic carbocycles. The van der Waals surface area contributed by atoms with Crippen LogP contribution in [0.15, 0.2) is 53.4 Å². The molecular weight excluding hydrogens is 448 g/mol. The van der Waals surface area contributed by atoms with Crippen LogP contribution in [0.1, 0.15) is 59.4 Å². The number of benzene rings is 2. The highest BCUT2D eigenvalue weighted by Gasteiger charge is 2.33. The quantitative estimate of drug-likeness (QED) is 0.592. The van der Waals surface area contributed by atoms with E-state index in [0.717, 1.165) is 17.5 Å². The standard InChI is InChI=1S/C27H34N2O4S/c1-19-7-9-22(10-8-19)26(30)23-11-13-28(14-12-23)27(31)24-5-4-6-25(16-24)34(32,33)29-17-20(2)15-21(3)18-29/h4-10,16,20-21,23H,11-15,17-18H2,1-3H3. The van der Waals surface area contributed by atoms with Crippen LogP contribution < -0.4 is 0 Å². The molecule has 0 bridgehead atoms. The molecule has 7 heteroatoms. The number of likely N-dealkylation sites (tertiary alicyclic amines) is 1. The Labute approximate surface area is 203 Å². The van der Waals surface area contributed by atoms with E-state index < -0.39 is 10.0 Å². The van der Waals surface area contributed by atoms with E-state index in [2.05, 4.69) is 13.8 Å². The van der Waals surface area contributed by atoms with Crippen molar-refractivity contribution in [3.05, 3.63) is 65.2 Å². The average molecular weight is 483 g/mol. The Balaban J connectivity index is 1.43. The van der Waals surface area contributed by atoms with Gasteiger partial charge < -0.3 is 4.90 Å². The van der Waals surface area contributed by atoms with Crippen LogP contribution in [0.5, 0.6) is 0 Å². The van der Waals surface area contributed by atoms with Crippen LogP contribution in [-0.4, -0.2) is 55.5 Å². The van der Waals surface area contributed by atoms with Crippen molar-refractivity contribution in [1.29, 1.82) is 0 Å². The minimum absolute atomic E-state index is 0.0958. The zero-order chi connectivity index (χ0) is 24.5. The first-order chi connectivity index (χ1) is 16.1. The molecule has 0 radical (unpaired) electrons. The predicted molar refractivity (Wildman–Crippen MR) is 132 cm³/mol. The Kier molecular flexibility index (Phi) is 7.24. The monoisotopic (exact) mass is 482 g/mol. The van der Waals surface area contributed by atoms with Gasteiger partial charge >= 0.3 is 0 Å². The van der Waals surface area contributed by atoms with Crippen molar-refractivity contribution in [2.75, 3.05) is 26.2 Å². The van der Waals surface area contributed by atoms with E-state index >= 15 is 0 Å². The van der Waals surface area contributed by atoms with Crippen molar-refractivity contribution in [3.8, 4) is 0 Å². The first kappa shape index (κ1) is 24.6. The van der Waals surface area contributed by atoms with Crippen molar-refractivity contribution in [2.24, 2.45) is 17.8 Å². The lowest BCUT2D eigenvalue weighted by atomic mass is 9.88. The summed E-state index contributed by atoms with van der Waals surface area (Å²) in [5.41, 5.74) is 2.21. The zero-order valence-corrected chi connectivity index (χ0v) is 21.1. The summed E-state index contributed by atoms with van der Waals surface area (Å²) >= 11 is 0. The van der Waals surface area contributed by atoms with E-state index in [9.17, 15) is 18.0 Å². The van der Waals surface area contributed by atoms with Crippen LogP contribution in [-0.2, 0) is 10.0 Å². The van der Waals surface area contributed by atoms with Gasteiger partial charge in [0.25, 0.3) is 5.91 Å². The number of hydrogen-bond donors (Lipinski definition) is 0. The molecule has 2 heterocycles. The highest BCUT2D eigenvalue weighted by molar-refractivity contribution is 7.89. The van der Waals surface area contributed by atoms with Gasteiger partial charge in [-0.2, -0.15) is 4.31 Å². The van der Waals surface area contributed by atoms with Crippen LogP contribution in [0, 0.1) is 24.7 Å². The van der Waals surface area contributed by atoms with Gasteiger partial charge in [0, 0.05) is 43.2 Å². The van der Waals surface area contributed by atoms with E-state index in [1.807, 2.05) is 31.2 Å². The number of amides is 1. The average Bonchev–Trinajstić information content (AvgIpc) is 2.83. The Bertz CT molecular complexity index is 1140. The first-order valence-electron chi connectivity index (χ1n) is 12.2. The smallest absolute Gasteiger partial charge is 0.253 e. The lowest BCUT2D eigenvalue weighted by molar-refractivity contribution is 0.0650. The second-order valence-electron chi connectivity index (χ2n) is 10.1. The largest absolute Gasteiger partial charge is 0.339 e. The molecule has 0 N–H and O–H groups in total. The van der Waals surface area contributed by atoms with Crippen LogP contribution >= 0.6 is 0 Å². The molecule has 0 aliphatic carbocycles. The molecule has 2 aliphatic rings. The molecule has 182 valence electrons. The van der Waals surface area contributed by atoms with Crippen LogP contribution in [0.3, 0.4) is 0 Å². The van der Waals surface area contributed by atoms with Crippen molar-refractivity contribution < 1.29 is 18.0 Å². The third-order valence-corrected chi connectivity index (χ3v) is 8.87. The summed E-state index contributed by atoms with van der Waals surface area (Å²) in [5.74, 6) is 0.477. The molecule has 6 nitrogen and oxygen atoms in total. The Hall–Kier alpha value is -2.51. The van der Waals surface area contributed by atoms with Gasteiger partial charge in [0.05, 0.1) is 4.90 Å². The highest BCUT2D eigenvalue weighted by atomic mass is 32.2. The summed E-state index contributed by atoms with van der Waals surface area (Å²) in [6.07, 6.45) is 2.24. The summed E-state index contributed by atoms with van der Waals surface area (Å²) in [5, 5.41) is 0. The maximum absolute atomic E-state index is 13.3. The van der Waals surface area contributed by atoms with E-state index in [-0.39, 0.29) is 22.5 Å². The molecule has 0 spiro atoms. The van der Waals surface area contributed by atoms with Gasteiger partial charge in [0.15, 0.2) is 5.78 Å². The van der Waals surface area contributed by atoms with E-state index in [1.165, 1.54) is 6.07 Å². The maximum Gasteiger partial charge on any atom is 0.253 e. The lowest BCUT2D eigenvalue weighted by Crippen LogP contribution is -2.42. The van der Waals surface area contributed by atoms with Gasteiger partial charge in [-0.1, -0.05) is 49.7 Å². The third-order valence-electron chi connectivity index (χ3n) is 7.04. The lowest BCUT2D eigenvalue weighted by Gasteiger charge is -2.34. The summed E-state index contributed by atoms with van der Waals surface area (Å²) in [7, 11) is -3.65. The maximum atomic E-state index is 13.3. The van der Waals surface area contributed by atoms with Gasteiger partial charge in [0.2, 0.25) is 10.0 Å². The molecule has 2 unspecified atom stereocenters. The SMILES string of the molecule is Cc1ccc(C(=O)C2CCN(C(=O)c3cccc(S(=O)(=O)N4CC(C)CC(C)C4)c3)CC2)cc1. The summed E-state index contributed by atoms with van der Waals surface area (Å²) < 4.78 is 28.1. The number of hydrogen-bond acceptors (Lipinski definition) is 4. The number of ketones is 1. The Morgan fingerprint density at radius 1 is 0.882 bits per heavy atom. The van der Waals surface area contributed by atoms with Crippen molar-refractivity contribution in [3.63, 3.8) is 0 Å². The van der Waals surface area contributed by atoms with Gasteiger partial charge in [-0.3, -0.25) is 9.59 Å². The number of piperidine rings is 2. The number of carbonyl (C=O) groups excluding carboxylic acids is 2. The summed E-state index contributed by atoms with van der Waals surface area (Å²) in [6.45, 7) is 8.13. The summed E-state index contributed by atoms with van der Waals surface area (Å²) in [6, 6.07) is 14.0. The van der Waals surface area contributed by atoms with E-state index in [0.29, 0.717) is 56.4 Å². The van der Waals surface area contributed by atoms with E-state index in [1.54, 1.807) is 27.4 Å². The fraction of sp³-hybridized carbons (Fsp3) is 0.481. The molecule has 4 rings (SSSR count). The molecule has 0 aromatic heterocycles. The predicted octanol–water partition coefficient (Wildman–Crippen LogP) is 4.40.